The molecule has 1 N–H and O–H groups in total. The van der Waals surface area contributed by atoms with Crippen LogP contribution in [-0.4, -0.2) is 31.7 Å². The van der Waals surface area contributed by atoms with Gasteiger partial charge in [0, 0.05) is 6.00 Å². The number of aliphatic hydroxyl groups excluding tert-OH is 1. The third kappa shape index (κ3) is 1.32. The van der Waals surface area contributed by atoms with Gasteiger partial charge in [-0.2, -0.15) is 0 Å². The number of aliphatic hydroxyl groups is 1. The van der Waals surface area contributed by atoms with Crippen LogP contribution in [0, 0.1) is 11.3 Å². The SMILES string of the molecule is B[C@@H]1O[C@H](CO)[C@@H](C)C1(C)C. The second-order valence-electron chi connectivity index (χ2n) is 4.11. The molecule has 11 heavy (non-hydrogen) atoms. The van der Waals surface area contributed by atoms with Crippen LogP contribution in [0.2, 0.25) is 0 Å². The first-order valence-corrected chi connectivity index (χ1v) is 4.26. The van der Waals surface area contributed by atoms with Crippen molar-refractivity contribution in [3.05, 3.63) is 0 Å². The van der Waals surface area contributed by atoms with Gasteiger partial charge < -0.3 is 9.84 Å². The Morgan fingerprint density at radius 3 is 2.27 bits per heavy atom. The summed E-state index contributed by atoms with van der Waals surface area (Å²) in [6.07, 6.45) is 0.0417. The summed E-state index contributed by atoms with van der Waals surface area (Å²) in [5.74, 6) is 0.447. The normalized spacial score (nSPS) is 42.7. The molecule has 1 fully saturated rings. The topological polar surface area (TPSA) is 29.5 Å². The van der Waals surface area contributed by atoms with Crippen molar-refractivity contribution in [3.63, 3.8) is 0 Å². The number of hydrogen-bond acceptors (Lipinski definition) is 2. The highest BCUT2D eigenvalue weighted by atomic mass is 16.5. The second kappa shape index (κ2) is 2.79. The molecule has 1 aliphatic heterocycles. The van der Waals surface area contributed by atoms with E-state index in [2.05, 4.69) is 28.6 Å². The zero-order chi connectivity index (χ0) is 8.65. The number of ether oxygens (including phenoxy) is 1. The Kier molecular flexibility index (Phi) is 2.31. The fourth-order valence-corrected chi connectivity index (χ4v) is 1.61. The van der Waals surface area contributed by atoms with E-state index in [1.165, 1.54) is 0 Å². The highest BCUT2D eigenvalue weighted by molar-refractivity contribution is 6.11. The molecule has 64 valence electrons. The van der Waals surface area contributed by atoms with Crippen molar-refractivity contribution >= 4 is 7.85 Å². The Morgan fingerprint density at radius 2 is 2.09 bits per heavy atom. The fourth-order valence-electron chi connectivity index (χ4n) is 1.61. The van der Waals surface area contributed by atoms with Gasteiger partial charge in [-0.1, -0.05) is 20.8 Å². The highest BCUT2D eigenvalue weighted by Crippen LogP contribution is 2.41. The van der Waals surface area contributed by atoms with Gasteiger partial charge in [0.2, 0.25) is 0 Å². The summed E-state index contributed by atoms with van der Waals surface area (Å²) in [4.78, 5) is 0. The summed E-state index contributed by atoms with van der Waals surface area (Å²) in [6.45, 7) is 6.68. The van der Waals surface area contributed by atoms with E-state index < -0.39 is 0 Å². The minimum absolute atomic E-state index is 0.0417. The van der Waals surface area contributed by atoms with Gasteiger partial charge in [0.1, 0.15) is 7.85 Å². The van der Waals surface area contributed by atoms with Gasteiger partial charge in [-0.15, -0.1) is 0 Å². The van der Waals surface area contributed by atoms with Crippen LogP contribution < -0.4 is 0 Å². The molecule has 0 spiro atoms. The van der Waals surface area contributed by atoms with Crippen molar-refractivity contribution in [1.82, 2.24) is 0 Å². The monoisotopic (exact) mass is 156 g/mol. The molecular weight excluding hydrogens is 139 g/mol. The van der Waals surface area contributed by atoms with Crippen LogP contribution in [0.5, 0.6) is 0 Å². The molecule has 0 aliphatic carbocycles. The molecule has 1 aliphatic rings. The van der Waals surface area contributed by atoms with E-state index in [0.29, 0.717) is 5.92 Å². The van der Waals surface area contributed by atoms with Gasteiger partial charge in [0.15, 0.2) is 0 Å². The second-order valence-corrected chi connectivity index (χ2v) is 4.11. The van der Waals surface area contributed by atoms with Crippen LogP contribution in [0.3, 0.4) is 0 Å². The summed E-state index contributed by atoms with van der Waals surface area (Å²) in [7, 11) is 2.08. The Labute approximate surface area is 69.3 Å². The van der Waals surface area contributed by atoms with Crippen LogP contribution in [0.4, 0.5) is 0 Å². The predicted molar refractivity (Wildman–Crippen MR) is 47.2 cm³/mol. The Hall–Kier alpha value is -0.0151. The van der Waals surface area contributed by atoms with E-state index in [9.17, 15) is 0 Å². The molecule has 2 nitrogen and oxygen atoms in total. The lowest BCUT2D eigenvalue weighted by atomic mass is 9.69. The van der Waals surface area contributed by atoms with E-state index in [0.717, 1.165) is 0 Å². The number of rotatable bonds is 1. The Bertz CT molecular complexity index is 147. The van der Waals surface area contributed by atoms with Crippen LogP contribution in [0.15, 0.2) is 0 Å². The molecule has 3 heteroatoms. The molecule has 0 aromatic rings. The largest absolute Gasteiger partial charge is 0.394 e. The number of hydrogen-bond donors (Lipinski definition) is 1. The molecule has 0 bridgehead atoms. The van der Waals surface area contributed by atoms with E-state index in [-0.39, 0.29) is 24.1 Å². The molecule has 3 atom stereocenters. The summed E-state index contributed by atoms with van der Waals surface area (Å²) >= 11 is 0. The van der Waals surface area contributed by atoms with Gasteiger partial charge >= 0.3 is 0 Å². The standard InChI is InChI=1S/C8H17BO2/c1-5-6(4-10)11-7(9)8(5,2)3/h5-7,10H,4,9H2,1-3H3/t5-,6-,7-/m1/s1. The van der Waals surface area contributed by atoms with Gasteiger partial charge in [0.05, 0.1) is 12.7 Å². The maximum atomic E-state index is 8.96. The molecular formula is C8H17BO2. The van der Waals surface area contributed by atoms with E-state index >= 15 is 0 Å². The average Bonchev–Trinajstić information content (AvgIpc) is 2.14. The van der Waals surface area contributed by atoms with Crippen molar-refractivity contribution in [2.45, 2.75) is 32.9 Å². The quantitative estimate of drug-likeness (QED) is 0.541. The first-order chi connectivity index (χ1) is 5.00. The highest BCUT2D eigenvalue weighted by Gasteiger charge is 2.44. The predicted octanol–water partition coefficient (Wildman–Crippen LogP) is -0.00100. The van der Waals surface area contributed by atoms with Crippen molar-refractivity contribution in [2.24, 2.45) is 11.3 Å². The average molecular weight is 156 g/mol. The third-order valence-corrected chi connectivity index (χ3v) is 3.34. The van der Waals surface area contributed by atoms with E-state index in [1.807, 2.05) is 0 Å². The molecule has 0 unspecified atom stereocenters. The Morgan fingerprint density at radius 1 is 1.55 bits per heavy atom. The van der Waals surface area contributed by atoms with Gasteiger partial charge in [0.25, 0.3) is 0 Å². The van der Waals surface area contributed by atoms with Crippen LogP contribution >= 0.6 is 0 Å². The molecule has 0 amide bonds. The molecule has 0 aromatic heterocycles. The summed E-state index contributed by atoms with van der Waals surface area (Å²) < 4.78 is 5.59. The molecule has 1 saturated heterocycles. The van der Waals surface area contributed by atoms with E-state index in [4.69, 9.17) is 9.84 Å². The van der Waals surface area contributed by atoms with Crippen LogP contribution in [-0.2, 0) is 4.74 Å². The lowest BCUT2D eigenvalue weighted by Crippen LogP contribution is -2.30. The Balaban J connectivity index is 2.71. The van der Waals surface area contributed by atoms with Crippen molar-refractivity contribution in [1.29, 1.82) is 0 Å². The molecule has 1 heterocycles. The van der Waals surface area contributed by atoms with Crippen molar-refractivity contribution in [2.75, 3.05) is 6.61 Å². The smallest absolute Gasteiger partial charge is 0.139 e. The molecule has 0 saturated carbocycles. The maximum Gasteiger partial charge on any atom is 0.139 e. The zero-order valence-electron chi connectivity index (χ0n) is 7.79. The van der Waals surface area contributed by atoms with Gasteiger partial charge in [-0.05, 0) is 11.3 Å². The van der Waals surface area contributed by atoms with Gasteiger partial charge in [-0.3, -0.25) is 0 Å². The molecule has 0 radical (unpaired) electrons. The molecule has 0 aromatic carbocycles. The molecule has 1 rings (SSSR count). The lowest BCUT2D eigenvalue weighted by Gasteiger charge is -2.26. The summed E-state index contributed by atoms with van der Waals surface area (Å²) in [5.41, 5.74) is 0.202. The third-order valence-electron chi connectivity index (χ3n) is 3.34. The summed E-state index contributed by atoms with van der Waals surface area (Å²) in [5, 5.41) is 8.96. The van der Waals surface area contributed by atoms with Crippen molar-refractivity contribution in [3.8, 4) is 0 Å². The first kappa shape index (κ1) is 9.08. The van der Waals surface area contributed by atoms with Crippen LogP contribution in [0.1, 0.15) is 20.8 Å². The lowest BCUT2D eigenvalue weighted by molar-refractivity contribution is 0.0269. The summed E-state index contributed by atoms with van der Waals surface area (Å²) in [6, 6.07) is 0.259. The fraction of sp³-hybridized carbons (Fsp3) is 1.00. The first-order valence-electron chi connectivity index (χ1n) is 4.26. The zero-order valence-corrected chi connectivity index (χ0v) is 7.79. The minimum Gasteiger partial charge on any atom is -0.394 e. The van der Waals surface area contributed by atoms with Gasteiger partial charge in [-0.25, -0.2) is 0 Å². The maximum absolute atomic E-state index is 8.96. The minimum atomic E-state index is 0.0417. The van der Waals surface area contributed by atoms with Crippen molar-refractivity contribution < 1.29 is 9.84 Å². The van der Waals surface area contributed by atoms with Crippen LogP contribution in [0.25, 0.3) is 0 Å². The van der Waals surface area contributed by atoms with E-state index in [1.54, 1.807) is 0 Å².